The molecule has 2 heterocycles. The van der Waals surface area contributed by atoms with Crippen molar-refractivity contribution >= 4 is 11.0 Å². The number of phenols is 1. The van der Waals surface area contributed by atoms with Crippen molar-refractivity contribution in [3.05, 3.63) is 168 Å². The molecule has 6 aromatic carbocycles. The van der Waals surface area contributed by atoms with Crippen LogP contribution in [0, 0.1) is 19.8 Å². The molecular weight excluding hydrogens is 830 g/mol. The van der Waals surface area contributed by atoms with Gasteiger partial charge in [-0.2, -0.15) is 0 Å². The van der Waals surface area contributed by atoms with E-state index in [1.165, 1.54) is 0 Å². The molecule has 0 aliphatic carbocycles. The second-order valence-corrected chi connectivity index (χ2v) is 13.5. The summed E-state index contributed by atoms with van der Waals surface area (Å²) in [5.41, 5.74) is 3.18. The summed E-state index contributed by atoms with van der Waals surface area (Å²) in [5.74, 6) is 0.309. The molecule has 0 aliphatic rings. The number of benzene rings is 6. The van der Waals surface area contributed by atoms with E-state index >= 15 is 0 Å². The van der Waals surface area contributed by atoms with Gasteiger partial charge in [-0.05, 0) is 72.2 Å². The van der Waals surface area contributed by atoms with E-state index in [4.69, 9.17) is 21.4 Å². The maximum absolute atomic E-state index is 11.3. The number of nitrogens with zero attached hydrogens (tertiary/aromatic N) is 3. The van der Waals surface area contributed by atoms with Crippen LogP contribution in [0.5, 0.6) is 5.75 Å². The van der Waals surface area contributed by atoms with E-state index in [0.717, 1.165) is 11.1 Å². The van der Waals surface area contributed by atoms with E-state index in [9.17, 15) is 6.48 Å². The predicted molar refractivity (Wildman–Crippen MR) is 215 cm³/mol. The Morgan fingerprint density at radius 2 is 1.43 bits per heavy atom. The van der Waals surface area contributed by atoms with Crippen molar-refractivity contribution in [2.24, 2.45) is 0 Å². The Morgan fingerprint density at radius 3 is 2.19 bits per heavy atom. The van der Waals surface area contributed by atoms with Gasteiger partial charge < -0.3 is 5.11 Å². The van der Waals surface area contributed by atoms with E-state index in [0.29, 0.717) is 44.8 Å². The zero-order chi connectivity index (χ0) is 47.1. The van der Waals surface area contributed by atoms with Gasteiger partial charge in [-0.3, -0.25) is 9.55 Å². The van der Waals surface area contributed by atoms with Crippen LogP contribution in [0.4, 0.5) is 0 Å². The minimum Gasteiger partial charge on any atom is -0.507 e. The van der Waals surface area contributed by atoms with E-state index in [1.807, 2.05) is 79.9 Å². The second-order valence-electron chi connectivity index (χ2n) is 13.5. The van der Waals surface area contributed by atoms with Crippen LogP contribution in [0.15, 0.2) is 146 Å². The molecule has 8 aromatic rings. The van der Waals surface area contributed by atoms with Crippen LogP contribution in [0.2, 0.25) is 0 Å². The summed E-state index contributed by atoms with van der Waals surface area (Å²) in [6, 6.07) is 29.3. The van der Waals surface area contributed by atoms with Crippen LogP contribution in [0.1, 0.15) is 55.3 Å². The fourth-order valence-corrected chi connectivity index (χ4v) is 6.27. The van der Waals surface area contributed by atoms with Gasteiger partial charge in [0, 0.05) is 46.7 Å². The van der Waals surface area contributed by atoms with E-state index in [1.54, 1.807) is 48.5 Å². The van der Waals surface area contributed by atoms with Crippen LogP contribution in [-0.4, -0.2) is 19.6 Å². The van der Waals surface area contributed by atoms with Crippen molar-refractivity contribution in [3.8, 4) is 67.5 Å². The normalized spacial score (nSPS) is 15.4. The molecule has 5 heteroatoms. The van der Waals surface area contributed by atoms with Crippen LogP contribution in [-0.2, 0) is 26.5 Å². The number of aromatic nitrogens is 3. The Kier molecular flexibility index (Phi) is 6.32. The van der Waals surface area contributed by atoms with Crippen LogP contribution < -0.4 is 0 Å². The number of hydrogen-bond donors (Lipinski definition) is 1. The first-order chi connectivity index (χ1) is 30.5. The first kappa shape index (κ1) is 23.2. The molecule has 0 unspecified atom stereocenters. The van der Waals surface area contributed by atoms with E-state index < -0.39 is 78.2 Å². The molecule has 4 nitrogen and oxygen atoms in total. The summed E-state index contributed by atoms with van der Waals surface area (Å²) in [6.07, 6.45) is -0.620. The third-order valence-electron chi connectivity index (χ3n) is 8.90. The molecule has 0 aliphatic heterocycles. The van der Waals surface area contributed by atoms with Crippen molar-refractivity contribution in [3.63, 3.8) is 0 Å². The molecule has 0 saturated carbocycles. The van der Waals surface area contributed by atoms with Gasteiger partial charge in [0.1, 0.15) is 11.6 Å². The summed E-state index contributed by atoms with van der Waals surface area (Å²) in [7, 11) is 0. The molecule has 0 saturated heterocycles. The molecular formula is C48H40N3OPt-. The van der Waals surface area contributed by atoms with Crippen molar-refractivity contribution in [1.29, 1.82) is 0 Å². The number of imidazole rings is 1. The summed E-state index contributed by atoms with van der Waals surface area (Å²) in [4.78, 5) is 9.55. The predicted octanol–water partition coefficient (Wildman–Crippen LogP) is 12.2. The molecule has 0 radical (unpaired) electrons. The Labute approximate surface area is 344 Å². The summed E-state index contributed by atoms with van der Waals surface area (Å²) in [5, 5.41) is 11.3. The van der Waals surface area contributed by atoms with Gasteiger partial charge in [-0.1, -0.05) is 134 Å². The maximum Gasteiger partial charge on any atom is 0.148 e. The quantitative estimate of drug-likeness (QED) is 0.169. The molecule has 0 fully saturated rings. The van der Waals surface area contributed by atoms with Gasteiger partial charge >= 0.3 is 0 Å². The minimum atomic E-state index is -2.98. The fraction of sp³-hybridized carbons (Fsp3) is 0.125. The molecule has 53 heavy (non-hydrogen) atoms. The van der Waals surface area contributed by atoms with Crippen LogP contribution in [0.25, 0.3) is 72.7 Å². The van der Waals surface area contributed by atoms with Gasteiger partial charge in [-0.15, -0.1) is 29.3 Å². The molecule has 1 N–H and O–H groups in total. The van der Waals surface area contributed by atoms with E-state index in [-0.39, 0.29) is 43.6 Å². The molecule has 0 bridgehead atoms. The number of aryl methyl sites for hydroxylation is 1. The minimum absolute atomic E-state index is 0. The smallest absolute Gasteiger partial charge is 0.148 e. The standard InChI is InChI=1S/C48H40N3O.Pt/c1-31-18-21-33(22-19-31)35-24-25-49-42(30-35)37-27-36(28-38(29-37)48(3,4)5)39-15-11-16-44-46(39)50-47(40-14-9-10-17-45(40)52)51(44)43-23-20-32(2)26-41(43)34-12-7-6-8-13-34;/h6-26,28-30,52H,1-5H3;/q-1;/i1D3,2D3,18D,19D,21D,22D,24D,25D,30D;. The maximum atomic E-state index is 11.3. The summed E-state index contributed by atoms with van der Waals surface area (Å²) >= 11 is 0. The molecule has 0 spiro atoms. The van der Waals surface area contributed by atoms with Gasteiger partial charge in [0.2, 0.25) is 0 Å². The Bertz CT molecular complexity index is 3180. The van der Waals surface area contributed by atoms with Gasteiger partial charge in [0.05, 0.1) is 31.9 Å². The summed E-state index contributed by atoms with van der Waals surface area (Å²) in [6.45, 7) is 0.561. The Balaban J connectivity index is 0.00000648. The first-order valence-electron chi connectivity index (χ1n) is 23.2. The van der Waals surface area contributed by atoms with Crippen molar-refractivity contribution in [2.75, 3.05) is 0 Å². The SMILES string of the molecule is [2H]c1nc(-c2[c-]c(-c3cccc4c3nc(-c3ccccc3O)n4-c3ccc(C([2H])([2H])[2H])cc3-c3ccccc3)cc(C(C)(C)C)c2)c([2H])c(-c2c([2H])c([2H])c(C([2H])([2H])[2H])c([2H])c2[2H])c1[2H].[Pt]. The Morgan fingerprint density at radius 1 is 0.698 bits per heavy atom. The number of phenolic OH excluding ortho intramolecular Hbond substituents is 1. The molecule has 264 valence electrons. The van der Waals surface area contributed by atoms with Crippen molar-refractivity contribution in [2.45, 2.75) is 39.9 Å². The van der Waals surface area contributed by atoms with Crippen molar-refractivity contribution < 1.29 is 44.0 Å². The third-order valence-corrected chi connectivity index (χ3v) is 8.90. The largest absolute Gasteiger partial charge is 0.507 e. The third kappa shape index (κ3) is 7.00. The molecule has 0 atom stereocenters. The number of aromatic hydroxyl groups is 1. The average Bonchev–Trinajstić information content (AvgIpc) is 3.64. The fourth-order valence-electron chi connectivity index (χ4n) is 6.27. The number of fused-ring (bicyclic) bond motifs is 1. The van der Waals surface area contributed by atoms with Gasteiger partial charge in [0.15, 0.2) is 0 Å². The molecule has 2 aromatic heterocycles. The van der Waals surface area contributed by atoms with Crippen molar-refractivity contribution in [1.82, 2.24) is 14.5 Å². The molecule has 8 rings (SSSR count). The Hall–Kier alpha value is -5.57. The number of pyridine rings is 1. The van der Waals surface area contributed by atoms with Gasteiger partial charge in [-0.25, -0.2) is 4.98 Å². The zero-order valence-electron chi connectivity index (χ0n) is 41.9. The van der Waals surface area contributed by atoms with Gasteiger partial charge in [0.25, 0.3) is 0 Å². The van der Waals surface area contributed by atoms with Crippen LogP contribution in [0.3, 0.4) is 0 Å². The zero-order valence-corrected chi connectivity index (χ0v) is 31.2. The second kappa shape index (κ2) is 14.5. The van der Waals surface area contributed by atoms with E-state index in [2.05, 4.69) is 11.1 Å². The molecule has 0 amide bonds. The first-order valence-corrected chi connectivity index (χ1v) is 16.7. The number of rotatable bonds is 6. The summed E-state index contributed by atoms with van der Waals surface area (Å²) < 4.78 is 112. The number of hydrogen-bond acceptors (Lipinski definition) is 3. The number of para-hydroxylation sites is 2. The van der Waals surface area contributed by atoms with Crippen LogP contribution >= 0.6 is 0 Å². The average molecular weight is 883 g/mol. The monoisotopic (exact) mass is 882 g/mol. The topological polar surface area (TPSA) is 50.9 Å².